The molecule has 1 heterocycles. The molecule has 22 heavy (non-hydrogen) atoms. The number of quaternary nitrogens is 1. The van der Waals surface area contributed by atoms with Gasteiger partial charge in [0.05, 0.1) is 26.9 Å². The largest absolute Gasteiger partial charge is 0.463 e. The van der Waals surface area contributed by atoms with E-state index in [2.05, 4.69) is 50.7 Å². The lowest BCUT2D eigenvalue weighted by atomic mass is 10.1. The molecule has 0 aliphatic rings. The molecule has 3 N–H and O–H groups in total. The highest BCUT2D eigenvalue weighted by Crippen LogP contribution is 2.14. The average Bonchev–Trinajstić information content (AvgIpc) is 2.97. The highest BCUT2D eigenvalue weighted by Gasteiger charge is 2.20. The topological polar surface area (TPSA) is 41.6 Å². The summed E-state index contributed by atoms with van der Waals surface area (Å²) in [5.41, 5.74) is 3.53. The lowest BCUT2D eigenvalue weighted by Gasteiger charge is -2.21. The predicted octanol–water partition coefficient (Wildman–Crippen LogP) is 2.07. The molecule has 4 nitrogen and oxygen atoms in total. The molecule has 0 spiro atoms. The average molecular weight is 318 g/mol. The monoisotopic (exact) mass is 318 g/mol. The van der Waals surface area contributed by atoms with Crippen LogP contribution in [0.3, 0.4) is 0 Å². The summed E-state index contributed by atoms with van der Waals surface area (Å²) in [5.74, 6) is 0.960. The molecule has 0 bridgehead atoms. The second-order valence-electron chi connectivity index (χ2n) is 5.78. The van der Waals surface area contributed by atoms with Crippen molar-refractivity contribution in [3.8, 4) is 0 Å². The first kappa shape index (κ1) is 16.5. The van der Waals surface area contributed by atoms with E-state index in [1.165, 1.54) is 16.0 Å². The van der Waals surface area contributed by atoms with E-state index in [4.69, 9.17) is 16.6 Å². The van der Waals surface area contributed by atoms with Crippen LogP contribution in [-0.2, 0) is 0 Å². The number of anilines is 1. The van der Waals surface area contributed by atoms with E-state index in [1.54, 1.807) is 6.26 Å². The normalized spacial score (nSPS) is 12.2. The molecule has 1 aromatic carbocycles. The van der Waals surface area contributed by atoms with Crippen LogP contribution < -0.4 is 15.5 Å². The SMILES string of the molecule is Cc1ccc(NC(=S)NC[C@H](c2ccco2)[NH+](C)C)cc1C. The maximum absolute atomic E-state index is 5.51. The van der Waals surface area contributed by atoms with Crippen molar-refractivity contribution in [2.75, 3.05) is 26.0 Å². The Kier molecular flexibility index (Phi) is 5.57. The van der Waals surface area contributed by atoms with Gasteiger partial charge in [0, 0.05) is 5.69 Å². The maximum Gasteiger partial charge on any atom is 0.171 e. The van der Waals surface area contributed by atoms with Crippen LogP contribution in [-0.4, -0.2) is 25.8 Å². The molecule has 0 radical (unpaired) electrons. The fourth-order valence-corrected chi connectivity index (χ4v) is 2.47. The van der Waals surface area contributed by atoms with Gasteiger partial charge in [-0.25, -0.2) is 0 Å². The maximum atomic E-state index is 5.51. The Morgan fingerprint density at radius 3 is 2.59 bits per heavy atom. The number of likely N-dealkylation sites (N-methyl/N-ethyl adjacent to an activating group) is 1. The fourth-order valence-electron chi connectivity index (χ4n) is 2.27. The number of thiocarbonyl (C=S) groups is 1. The van der Waals surface area contributed by atoms with Crippen LogP contribution in [0, 0.1) is 13.8 Å². The summed E-state index contributed by atoms with van der Waals surface area (Å²) < 4.78 is 5.51. The van der Waals surface area contributed by atoms with Gasteiger partial charge in [-0.15, -0.1) is 0 Å². The number of benzene rings is 1. The first-order chi connectivity index (χ1) is 10.5. The minimum Gasteiger partial charge on any atom is -0.463 e. The van der Waals surface area contributed by atoms with Crippen LogP contribution in [0.15, 0.2) is 41.0 Å². The fraction of sp³-hybridized carbons (Fsp3) is 0.353. The van der Waals surface area contributed by atoms with Crippen molar-refractivity contribution >= 4 is 23.0 Å². The van der Waals surface area contributed by atoms with Crippen LogP contribution in [0.5, 0.6) is 0 Å². The van der Waals surface area contributed by atoms with Gasteiger partial charge in [0.25, 0.3) is 0 Å². The van der Waals surface area contributed by atoms with E-state index in [0.717, 1.165) is 11.4 Å². The van der Waals surface area contributed by atoms with E-state index in [-0.39, 0.29) is 6.04 Å². The first-order valence-electron chi connectivity index (χ1n) is 7.43. The molecule has 5 heteroatoms. The summed E-state index contributed by atoms with van der Waals surface area (Å²) in [7, 11) is 4.21. The molecule has 0 fully saturated rings. The van der Waals surface area contributed by atoms with E-state index < -0.39 is 0 Å². The van der Waals surface area contributed by atoms with Crippen molar-refractivity contribution in [1.29, 1.82) is 0 Å². The van der Waals surface area contributed by atoms with Gasteiger partial charge in [0.1, 0.15) is 0 Å². The predicted molar refractivity (Wildman–Crippen MR) is 94.4 cm³/mol. The second kappa shape index (κ2) is 7.42. The van der Waals surface area contributed by atoms with Gasteiger partial charge < -0.3 is 20.0 Å². The Labute approximate surface area is 137 Å². The van der Waals surface area contributed by atoms with Gasteiger partial charge >= 0.3 is 0 Å². The smallest absolute Gasteiger partial charge is 0.171 e. The number of furan rings is 1. The zero-order valence-electron chi connectivity index (χ0n) is 13.6. The second-order valence-corrected chi connectivity index (χ2v) is 6.19. The molecule has 0 aliphatic heterocycles. The molecule has 0 saturated carbocycles. The Morgan fingerprint density at radius 2 is 2.00 bits per heavy atom. The molecular formula is C17H24N3OS+. The van der Waals surface area contributed by atoms with Gasteiger partial charge in [0.2, 0.25) is 0 Å². The third-order valence-corrected chi connectivity index (χ3v) is 4.06. The zero-order chi connectivity index (χ0) is 16.1. The third-order valence-electron chi connectivity index (χ3n) is 3.82. The quantitative estimate of drug-likeness (QED) is 0.738. The molecule has 0 amide bonds. The van der Waals surface area contributed by atoms with Crippen molar-refractivity contribution in [2.24, 2.45) is 0 Å². The summed E-state index contributed by atoms with van der Waals surface area (Å²) in [6.45, 7) is 4.91. The molecule has 2 aromatic rings. The van der Waals surface area contributed by atoms with E-state index >= 15 is 0 Å². The molecule has 1 aromatic heterocycles. The van der Waals surface area contributed by atoms with E-state index in [9.17, 15) is 0 Å². The van der Waals surface area contributed by atoms with Crippen LogP contribution >= 0.6 is 12.2 Å². The Bertz CT molecular complexity index is 623. The van der Waals surface area contributed by atoms with Crippen LogP contribution in [0.4, 0.5) is 5.69 Å². The van der Waals surface area contributed by atoms with E-state index in [1.807, 2.05) is 18.2 Å². The lowest BCUT2D eigenvalue weighted by molar-refractivity contribution is -0.891. The van der Waals surface area contributed by atoms with Gasteiger partial charge in [-0.05, 0) is 61.5 Å². The van der Waals surface area contributed by atoms with Crippen LogP contribution in [0.1, 0.15) is 22.9 Å². The van der Waals surface area contributed by atoms with Gasteiger partial charge in [0.15, 0.2) is 16.9 Å². The molecular weight excluding hydrogens is 294 g/mol. The standard InChI is InChI=1S/C17H23N3OS/c1-12-7-8-14(10-13(12)2)19-17(22)18-11-15(20(3)4)16-6-5-9-21-16/h5-10,15H,11H2,1-4H3,(H2,18,19,22)/p+1/t15-/m1/s1. The van der Waals surface area contributed by atoms with E-state index in [0.29, 0.717) is 11.7 Å². The molecule has 118 valence electrons. The summed E-state index contributed by atoms with van der Waals surface area (Å²) in [6, 6.07) is 10.4. The number of rotatable bonds is 5. The van der Waals surface area contributed by atoms with Crippen molar-refractivity contribution in [2.45, 2.75) is 19.9 Å². The Hall–Kier alpha value is -1.85. The summed E-state index contributed by atoms with van der Waals surface area (Å²) >= 11 is 5.38. The third kappa shape index (κ3) is 4.32. The minimum atomic E-state index is 0.217. The number of aryl methyl sites for hydroxylation is 2. The number of hydrogen-bond acceptors (Lipinski definition) is 2. The Morgan fingerprint density at radius 1 is 1.23 bits per heavy atom. The van der Waals surface area contributed by atoms with Gasteiger partial charge in [-0.2, -0.15) is 0 Å². The van der Waals surface area contributed by atoms with Crippen molar-refractivity contribution in [3.63, 3.8) is 0 Å². The first-order valence-corrected chi connectivity index (χ1v) is 7.83. The van der Waals surface area contributed by atoms with Crippen LogP contribution in [0.2, 0.25) is 0 Å². The van der Waals surface area contributed by atoms with Crippen molar-refractivity contribution < 1.29 is 9.32 Å². The van der Waals surface area contributed by atoms with Gasteiger partial charge in [-0.3, -0.25) is 0 Å². The summed E-state index contributed by atoms with van der Waals surface area (Å²) in [6.07, 6.45) is 1.71. The summed E-state index contributed by atoms with van der Waals surface area (Å²) in [5, 5.41) is 7.13. The Balaban J connectivity index is 1.92. The minimum absolute atomic E-state index is 0.217. The molecule has 0 unspecified atom stereocenters. The number of hydrogen-bond donors (Lipinski definition) is 3. The lowest BCUT2D eigenvalue weighted by Crippen LogP contribution is -3.07. The molecule has 0 aliphatic carbocycles. The van der Waals surface area contributed by atoms with Gasteiger partial charge in [-0.1, -0.05) is 6.07 Å². The molecule has 0 saturated heterocycles. The highest BCUT2D eigenvalue weighted by atomic mass is 32.1. The molecule has 1 atom stereocenters. The van der Waals surface area contributed by atoms with Crippen LogP contribution in [0.25, 0.3) is 0 Å². The van der Waals surface area contributed by atoms with Crippen molar-refractivity contribution in [3.05, 3.63) is 53.5 Å². The zero-order valence-corrected chi connectivity index (χ0v) is 14.4. The summed E-state index contributed by atoms with van der Waals surface area (Å²) in [4.78, 5) is 1.29. The molecule has 2 rings (SSSR count). The highest BCUT2D eigenvalue weighted by molar-refractivity contribution is 7.80. The number of nitrogens with one attached hydrogen (secondary N) is 3. The van der Waals surface area contributed by atoms with Crippen molar-refractivity contribution in [1.82, 2.24) is 5.32 Å².